The molecule has 2 aromatic heterocycles. The number of nitrogens with zero attached hydrogens (tertiary/aromatic N) is 5. The van der Waals surface area contributed by atoms with Crippen LogP contribution < -0.4 is 5.32 Å². The summed E-state index contributed by atoms with van der Waals surface area (Å²) in [6, 6.07) is 9.05. The Balaban J connectivity index is 1.29. The third-order valence-corrected chi connectivity index (χ3v) is 7.92. The van der Waals surface area contributed by atoms with Crippen LogP contribution in [0.4, 0.5) is 10.7 Å². The van der Waals surface area contributed by atoms with E-state index < -0.39 is 5.60 Å². The van der Waals surface area contributed by atoms with Crippen molar-refractivity contribution in [2.24, 2.45) is 0 Å². The molecule has 41 heavy (non-hydrogen) atoms. The van der Waals surface area contributed by atoms with Crippen molar-refractivity contribution in [3.63, 3.8) is 0 Å². The highest BCUT2D eigenvalue weighted by molar-refractivity contribution is 5.94. The standard InChI is InChI=1S/C31H44N6O4/c1-31(2,3)41-30(39)36-16-14-35(15-17-36)20-22-5-7-23(8-6-22)27-21-37(24-9-11-25(38)12-10-24)28-26(27)19-33-29(34-28)32-13-18-40-4/h5-8,19,21,24-25,38H,9-18,20H2,1-4H3,(H,32,33,34). The first-order valence-corrected chi connectivity index (χ1v) is 14.8. The van der Waals surface area contributed by atoms with Crippen LogP contribution in [0.1, 0.15) is 58.1 Å². The van der Waals surface area contributed by atoms with Crippen molar-refractivity contribution in [2.45, 2.75) is 70.7 Å². The van der Waals surface area contributed by atoms with Gasteiger partial charge in [0.1, 0.15) is 11.2 Å². The quantitative estimate of drug-likeness (QED) is 0.380. The highest BCUT2D eigenvalue weighted by Crippen LogP contribution is 2.36. The van der Waals surface area contributed by atoms with Crippen LogP contribution in [-0.4, -0.2) is 93.7 Å². The van der Waals surface area contributed by atoms with Crippen molar-refractivity contribution in [1.82, 2.24) is 24.3 Å². The van der Waals surface area contributed by atoms with Crippen LogP contribution in [0.5, 0.6) is 0 Å². The highest BCUT2D eigenvalue weighted by atomic mass is 16.6. The first kappa shape index (κ1) is 29.3. The van der Waals surface area contributed by atoms with Crippen molar-refractivity contribution in [2.75, 3.05) is 51.8 Å². The van der Waals surface area contributed by atoms with Gasteiger partial charge in [-0.05, 0) is 57.6 Å². The molecule has 1 amide bonds. The number of aromatic nitrogens is 3. The minimum atomic E-state index is -0.476. The lowest BCUT2D eigenvalue weighted by Crippen LogP contribution is -2.49. The number of anilines is 1. The number of aliphatic hydroxyl groups is 1. The van der Waals surface area contributed by atoms with Crippen molar-refractivity contribution in [1.29, 1.82) is 0 Å². The van der Waals surface area contributed by atoms with Gasteiger partial charge in [0.05, 0.1) is 12.7 Å². The number of hydrogen-bond acceptors (Lipinski definition) is 8. The van der Waals surface area contributed by atoms with Gasteiger partial charge >= 0.3 is 6.09 Å². The number of aliphatic hydroxyl groups excluding tert-OH is 1. The molecule has 222 valence electrons. The predicted octanol–water partition coefficient (Wildman–Crippen LogP) is 4.69. The molecule has 1 saturated carbocycles. The molecule has 0 unspecified atom stereocenters. The van der Waals surface area contributed by atoms with Crippen molar-refractivity contribution < 1.29 is 19.4 Å². The van der Waals surface area contributed by atoms with Gasteiger partial charge in [0, 0.05) is 75.8 Å². The first-order chi connectivity index (χ1) is 19.7. The summed E-state index contributed by atoms with van der Waals surface area (Å²) in [6.45, 7) is 10.8. The Hall–Kier alpha value is -3.21. The molecule has 2 fully saturated rings. The van der Waals surface area contributed by atoms with Crippen LogP contribution in [0.2, 0.25) is 0 Å². The van der Waals surface area contributed by atoms with E-state index >= 15 is 0 Å². The maximum absolute atomic E-state index is 12.4. The van der Waals surface area contributed by atoms with Crippen LogP contribution in [0.3, 0.4) is 0 Å². The summed E-state index contributed by atoms with van der Waals surface area (Å²) in [5, 5.41) is 14.4. The molecule has 3 aromatic rings. The second-order valence-electron chi connectivity index (χ2n) is 12.2. The van der Waals surface area contributed by atoms with E-state index in [1.54, 1.807) is 12.0 Å². The Bertz CT molecular complexity index is 1300. The Morgan fingerprint density at radius 1 is 1.07 bits per heavy atom. The number of methoxy groups -OCH3 is 1. The predicted molar refractivity (Wildman–Crippen MR) is 160 cm³/mol. The lowest BCUT2D eigenvalue weighted by Gasteiger charge is -2.35. The second kappa shape index (κ2) is 12.8. The van der Waals surface area contributed by atoms with E-state index in [-0.39, 0.29) is 12.2 Å². The number of carbonyl (C=O) groups is 1. The van der Waals surface area contributed by atoms with E-state index in [2.05, 4.69) is 50.2 Å². The number of amides is 1. The maximum atomic E-state index is 12.4. The summed E-state index contributed by atoms with van der Waals surface area (Å²) in [4.78, 5) is 26.1. The van der Waals surface area contributed by atoms with Crippen LogP contribution in [0.15, 0.2) is 36.7 Å². The fourth-order valence-corrected chi connectivity index (χ4v) is 5.69. The molecule has 10 nitrogen and oxygen atoms in total. The Morgan fingerprint density at radius 2 is 1.78 bits per heavy atom. The van der Waals surface area contributed by atoms with Gasteiger partial charge in [0.25, 0.3) is 0 Å². The molecular formula is C31H44N6O4. The van der Waals surface area contributed by atoms with Crippen LogP contribution in [0, 0.1) is 0 Å². The third-order valence-electron chi connectivity index (χ3n) is 7.92. The zero-order chi connectivity index (χ0) is 29.0. The van der Waals surface area contributed by atoms with Crippen molar-refractivity contribution in [3.8, 4) is 11.1 Å². The fourth-order valence-electron chi connectivity index (χ4n) is 5.69. The molecule has 3 heterocycles. The normalized spacial score (nSPS) is 20.4. The molecule has 1 saturated heterocycles. The minimum Gasteiger partial charge on any atom is -0.444 e. The van der Waals surface area contributed by atoms with Gasteiger partial charge in [-0.1, -0.05) is 24.3 Å². The molecule has 1 aliphatic carbocycles. The topological polar surface area (TPSA) is 105 Å². The van der Waals surface area contributed by atoms with E-state index in [0.717, 1.165) is 67.5 Å². The summed E-state index contributed by atoms with van der Waals surface area (Å²) in [5.41, 5.74) is 3.93. The van der Waals surface area contributed by atoms with Crippen LogP contribution in [-0.2, 0) is 16.0 Å². The van der Waals surface area contributed by atoms with Crippen molar-refractivity contribution >= 4 is 23.1 Å². The maximum Gasteiger partial charge on any atom is 0.410 e. The van der Waals surface area contributed by atoms with Gasteiger partial charge in [-0.15, -0.1) is 0 Å². The third kappa shape index (κ3) is 7.36. The zero-order valence-corrected chi connectivity index (χ0v) is 24.8. The number of hydrogen-bond donors (Lipinski definition) is 2. The van der Waals surface area contributed by atoms with Crippen LogP contribution in [0.25, 0.3) is 22.2 Å². The zero-order valence-electron chi connectivity index (χ0n) is 24.8. The Morgan fingerprint density at radius 3 is 2.44 bits per heavy atom. The van der Waals surface area contributed by atoms with E-state index in [1.807, 2.05) is 27.0 Å². The summed E-state index contributed by atoms with van der Waals surface area (Å²) in [6.07, 6.45) is 7.18. The smallest absolute Gasteiger partial charge is 0.410 e. The number of carbonyl (C=O) groups excluding carboxylic acids is 1. The molecule has 5 rings (SSSR count). The average molecular weight is 565 g/mol. The molecule has 10 heteroatoms. The van der Waals surface area contributed by atoms with E-state index in [0.29, 0.717) is 38.2 Å². The number of nitrogens with one attached hydrogen (secondary N) is 1. The SMILES string of the molecule is COCCNc1ncc2c(-c3ccc(CN4CCN(C(=O)OC(C)(C)C)CC4)cc3)cn(C3CCC(O)CC3)c2n1. The van der Waals surface area contributed by atoms with E-state index in [1.165, 1.54) is 5.56 Å². The molecule has 2 aliphatic rings. The summed E-state index contributed by atoms with van der Waals surface area (Å²) in [7, 11) is 1.68. The van der Waals surface area contributed by atoms with Gasteiger partial charge in [0.15, 0.2) is 0 Å². The highest BCUT2D eigenvalue weighted by Gasteiger charge is 2.27. The number of rotatable bonds is 8. The average Bonchev–Trinajstić information content (AvgIpc) is 3.32. The molecule has 1 aromatic carbocycles. The second-order valence-corrected chi connectivity index (χ2v) is 12.2. The lowest BCUT2D eigenvalue weighted by molar-refractivity contribution is 0.0139. The number of benzene rings is 1. The fraction of sp³-hybridized carbons (Fsp3) is 0.581. The van der Waals surface area contributed by atoms with Crippen molar-refractivity contribution in [3.05, 3.63) is 42.2 Å². The van der Waals surface area contributed by atoms with E-state index in [4.69, 9.17) is 14.5 Å². The molecule has 0 bridgehead atoms. The van der Waals surface area contributed by atoms with Crippen LogP contribution >= 0.6 is 0 Å². The van der Waals surface area contributed by atoms with Gasteiger partial charge in [-0.25, -0.2) is 9.78 Å². The molecule has 0 radical (unpaired) electrons. The Labute approximate surface area is 242 Å². The summed E-state index contributed by atoms with van der Waals surface area (Å²) < 4.78 is 13.0. The lowest BCUT2D eigenvalue weighted by atomic mass is 9.93. The number of ether oxygens (including phenoxy) is 2. The summed E-state index contributed by atoms with van der Waals surface area (Å²) >= 11 is 0. The summed E-state index contributed by atoms with van der Waals surface area (Å²) in [5.74, 6) is 0.596. The van der Waals surface area contributed by atoms with Gasteiger partial charge in [-0.2, -0.15) is 4.98 Å². The largest absolute Gasteiger partial charge is 0.444 e. The molecule has 2 N–H and O–H groups in total. The number of fused-ring (bicyclic) bond motifs is 1. The van der Waals surface area contributed by atoms with Gasteiger partial charge < -0.3 is 29.4 Å². The molecule has 0 atom stereocenters. The monoisotopic (exact) mass is 564 g/mol. The molecule has 1 aliphatic heterocycles. The van der Waals surface area contributed by atoms with E-state index in [9.17, 15) is 9.90 Å². The minimum absolute atomic E-state index is 0.207. The van der Waals surface area contributed by atoms with Gasteiger partial charge in [0.2, 0.25) is 5.95 Å². The first-order valence-electron chi connectivity index (χ1n) is 14.8. The Kier molecular flexibility index (Phi) is 9.11. The molecular weight excluding hydrogens is 520 g/mol. The van der Waals surface area contributed by atoms with Gasteiger partial charge in [-0.3, -0.25) is 4.90 Å². The number of piperazine rings is 1. The molecule has 0 spiro atoms.